The maximum absolute atomic E-state index is 12.6. The zero-order chi connectivity index (χ0) is 18.4. The van der Waals surface area contributed by atoms with Crippen molar-refractivity contribution in [2.75, 3.05) is 14.2 Å². The van der Waals surface area contributed by atoms with Gasteiger partial charge in [-0.15, -0.1) is 0 Å². The van der Waals surface area contributed by atoms with Crippen LogP contribution in [0.1, 0.15) is 23.7 Å². The predicted octanol–water partition coefficient (Wildman–Crippen LogP) is 1.71. The molecule has 0 radical (unpaired) electrons. The summed E-state index contributed by atoms with van der Waals surface area (Å²) in [5.74, 6) is -2.12. The number of carbonyl (C=O) groups excluding carboxylic acids is 3. The molecule has 25 heavy (non-hydrogen) atoms. The van der Waals surface area contributed by atoms with Gasteiger partial charge in [0.25, 0.3) is 5.91 Å². The van der Waals surface area contributed by atoms with Gasteiger partial charge in [-0.2, -0.15) is 0 Å². The Morgan fingerprint density at radius 3 is 2.44 bits per heavy atom. The highest BCUT2D eigenvalue weighted by molar-refractivity contribution is 6.06. The zero-order valence-electron chi connectivity index (χ0n) is 14.3. The molecule has 1 heterocycles. The summed E-state index contributed by atoms with van der Waals surface area (Å²) in [6, 6.07) is 7.86. The standard InChI is InChI=1S/C18H20N2O5/c1-11(17(22)24-2)10-14(18(23)25-3)20-16(21)13-8-4-6-12-7-5-9-19-15(12)13/h4-9,11,14H,10H2,1-3H3,(H,20,21)/t11-,14+/m0/s1. The zero-order valence-corrected chi connectivity index (χ0v) is 14.3. The Labute approximate surface area is 145 Å². The number of nitrogens with zero attached hydrogens (tertiary/aromatic N) is 1. The fourth-order valence-corrected chi connectivity index (χ4v) is 2.53. The number of hydrogen-bond donors (Lipinski definition) is 1. The van der Waals surface area contributed by atoms with Crippen LogP contribution >= 0.6 is 0 Å². The number of pyridine rings is 1. The van der Waals surface area contributed by atoms with E-state index < -0.39 is 29.8 Å². The smallest absolute Gasteiger partial charge is 0.328 e. The molecular weight excluding hydrogens is 324 g/mol. The summed E-state index contributed by atoms with van der Waals surface area (Å²) >= 11 is 0. The van der Waals surface area contributed by atoms with E-state index in [0.717, 1.165) is 5.39 Å². The summed E-state index contributed by atoms with van der Waals surface area (Å²) in [6.45, 7) is 1.62. The lowest BCUT2D eigenvalue weighted by atomic mass is 10.0. The number of para-hydroxylation sites is 1. The van der Waals surface area contributed by atoms with Crippen molar-refractivity contribution in [3.8, 4) is 0 Å². The van der Waals surface area contributed by atoms with E-state index in [1.807, 2.05) is 12.1 Å². The van der Waals surface area contributed by atoms with Gasteiger partial charge in [0.2, 0.25) is 0 Å². The van der Waals surface area contributed by atoms with Crippen molar-refractivity contribution in [3.63, 3.8) is 0 Å². The van der Waals surface area contributed by atoms with E-state index in [0.29, 0.717) is 11.1 Å². The number of aromatic nitrogens is 1. The summed E-state index contributed by atoms with van der Waals surface area (Å²) in [5, 5.41) is 3.44. The second-order valence-electron chi connectivity index (χ2n) is 5.59. The normalized spacial score (nSPS) is 12.9. The Hall–Kier alpha value is -2.96. The molecule has 7 heteroatoms. The summed E-state index contributed by atoms with van der Waals surface area (Å²) < 4.78 is 9.39. The van der Waals surface area contributed by atoms with Crippen molar-refractivity contribution in [2.24, 2.45) is 5.92 Å². The molecule has 0 aliphatic heterocycles. The second kappa shape index (κ2) is 8.23. The quantitative estimate of drug-likeness (QED) is 0.802. The third kappa shape index (κ3) is 4.32. The van der Waals surface area contributed by atoms with Crippen LogP contribution in [0.3, 0.4) is 0 Å². The van der Waals surface area contributed by atoms with Crippen LogP contribution in [0, 0.1) is 5.92 Å². The van der Waals surface area contributed by atoms with Crippen LogP contribution in [-0.2, 0) is 19.1 Å². The maximum atomic E-state index is 12.6. The molecule has 0 aliphatic carbocycles. The van der Waals surface area contributed by atoms with Gasteiger partial charge in [0, 0.05) is 11.6 Å². The van der Waals surface area contributed by atoms with Crippen LogP contribution in [0.5, 0.6) is 0 Å². The predicted molar refractivity (Wildman–Crippen MR) is 90.8 cm³/mol. The summed E-state index contributed by atoms with van der Waals surface area (Å²) in [6.07, 6.45) is 1.67. The molecule has 0 bridgehead atoms. The van der Waals surface area contributed by atoms with Crippen molar-refractivity contribution in [1.82, 2.24) is 10.3 Å². The van der Waals surface area contributed by atoms with Crippen LogP contribution in [0.4, 0.5) is 0 Å². The fraction of sp³-hybridized carbons (Fsp3) is 0.333. The fourth-order valence-electron chi connectivity index (χ4n) is 2.53. The topological polar surface area (TPSA) is 94.6 Å². The second-order valence-corrected chi connectivity index (χ2v) is 5.59. The Morgan fingerprint density at radius 1 is 1.08 bits per heavy atom. The summed E-state index contributed by atoms with van der Waals surface area (Å²) in [7, 11) is 2.50. The van der Waals surface area contributed by atoms with Gasteiger partial charge in [-0.25, -0.2) is 4.79 Å². The Kier molecular flexibility index (Phi) is 6.05. The minimum absolute atomic E-state index is 0.0727. The lowest BCUT2D eigenvalue weighted by molar-refractivity contribution is -0.147. The molecule has 7 nitrogen and oxygen atoms in total. The van der Waals surface area contributed by atoms with Crippen molar-refractivity contribution in [1.29, 1.82) is 0 Å². The van der Waals surface area contributed by atoms with Gasteiger partial charge < -0.3 is 14.8 Å². The average molecular weight is 344 g/mol. The first-order valence-electron chi connectivity index (χ1n) is 7.78. The largest absolute Gasteiger partial charge is 0.469 e. The number of esters is 2. The van der Waals surface area contributed by atoms with Crippen molar-refractivity contribution in [3.05, 3.63) is 42.1 Å². The molecule has 132 valence electrons. The van der Waals surface area contributed by atoms with Gasteiger partial charge in [-0.3, -0.25) is 14.6 Å². The molecule has 1 aromatic carbocycles. The minimum atomic E-state index is -0.967. The molecule has 1 aromatic heterocycles. The van der Waals surface area contributed by atoms with E-state index in [2.05, 4.69) is 15.0 Å². The van der Waals surface area contributed by atoms with E-state index in [9.17, 15) is 14.4 Å². The molecular formula is C18H20N2O5. The van der Waals surface area contributed by atoms with Gasteiger partial charge in [0.15, 0.2) is 0 Å². The number of benzene rings is 1. The molecule has 0 unspecified atom stereocenters. The number of methoxy groups -OCH3 is 2. The number of carbonyl (C=O) groups is 3. The maximum Gasteiger partial charge on any atom is 0.328 e. The first-order chi connectivity index (χ1) is 12.0. The molecule has 2 atom stereocenters. The number of amides is 1. The van der Waals surface area contributed by atoms with Gasteiger partial charge in [0.05, 0.1) is 31.2 Å². The average Bonchev–Trinajstić information content (AvgIpc) is 2.65. The molecule has 2 rings (SSSR count). The SMILES string of the molecule is COC(=O)[C@@H](C)C[C@@H](NC(=O)c1cccc2cccnc12)C(=O)OC. The Balaban J connectivity index is 2.24. The first kappa shape index (κ1) is 18.4. The van der Waals surface area contributed by atoms with Crippen molar-refractivity contribution >= 4 is 28.7 Å². The highest BCUT2D eigenvalue weighted by atomic mass is 16.5. The number of fused-ring (bicyclic) bond motifs is 1. The highest BCUT2D eigenvalue weighted by Gasteiger charge is 2.28. The monoisotopic (exact) mass is 344 g/mol. The number of nitrogens with one attached hydrogen (secondary N) is 1. The summed E-state index contributed by atoms with van der Waals surface area (Å²) in [5.41, 5.74) is 0.879. The Bertz CT molecular complexity index is 785. The first-order valence-corrected chi connectivity index (χ1v) is 7.78. The molecule has 1 N–H and O–H groups in total. The third-order valence-corrected chi connectivity index (χ3v) is 3.86. The van der Waals surface area contributed by atoms with E-state index in [1.54, 1.807) is 31.3 Å². The number of rotatable bonds is 6. The van der Waals surface area contributed by atoms with E-state index in [1.165, 1.54) is 14.2 Å². The Morgan fingerprint density at radius 2 is 1.76 bits per heavy atom. The number of hydrogen-bond acceptors (Lipinski definition) is 6. The molecule has 0 spiro atoms. The van der Waals surface area contributed by atoms with Gasteiger partial charge in [-0.1, -0.05) is 25.1 Å². The third-order valence-electron chi connectivity index (χ3n) is 3.86. The molecule has 0 saturated carbocycles. The van der Waals surface area contributed by atoms with Crippen LogP contribution in [0.2, 0.25) is 0 Å². The van der Waals surface area contributed by atoms with Crippen LogP contribution in [0.25, 0.3) is 10.9 Å². The van der Waals surface area contributed by atoms with Gasteiger partial charge in [-0.05, 0) is 18.6 Å². The lowest BCUT2D eigenvalue weighted by Crippen LogP contribution is -2.43. The highest BCUT2D eigenvalue weighted by Crippen LogP contribution is 2.17. The molecule has 0 aliphatic rings. The van der Waals surface area contributed by atoms with E-state index in [-0.39, 0.29) is 6.42 Å². The summed E-state index contributed by atoms with van der Waals surface area (Å²) in [4.78, 5) is 40.4. The molecule has 1 amide bonds. The van der Waals surface area contributed by atoms with E-state index in [4.69, 9.17) is 4.74 Å². The van der Waals surface area contributed by atoms with Gasteiger partial charge in [0.1, 0.15) is 6.04 Å². The van der Waals surface area contributed by atoms with Crippen LogP contribution in [0.15, 0.2) is 36.5 Å². The van der Waals surface area contributed by atoms with Crippen LogP contribution in [-0.4, -0.2) is 43.1 Å². The molecule has 0 saturated heterocycles. The lowest BCUT2D eigenvalue weighted by Gasteiger charge is -2.19. The molecule has 2 aromatic rings. The minimum Gasteiger partial charge on any atom is -0.469 e. The molecule has 0 fully saturated rings. The van der Waals surface area contributed by atoms with Gasteiger partial charge >= 0.3 is 11.9 Å². The number of ether oxygens (including phenoxy) is 2. The van der Waals surface area contributed by atoms with Crippen molar-refractivity contribution in [2.45, 2.75) is 19.4 Å². The van der Waals surface area contributed by atoms with Crippen LogP contribution < -0.4 is 5.32 Å². The van der Waals surface area contributed by atoms with Crippen molar-refractivity contribution < 1.29 is 23.9 Å². The van der Waals surface area contributed by atoms with E-state index >= 15 is 0 Å².